The Kier molecular flexibility index (Phi) is 6.37. The summed E-state index contributed by atoms with van der Waals surface area (Å²) in [5.74, 6) is 0.632. The van der Waals surface area contributed by atoms with Crippen LogP contribution in [-0.2, 0) is 4.74 Å². The number of amides is 1. The fraction of sp³-hybridized carbons (Fsp3) is 0.706. The molecule has 7 nitrogen and oxygen atoms in total. The first kappa shape index (κ1) is 17.1. The number of nitrogens with one attached hydrogen (secondary N) is 1. The topological polar surface area (TPSA) is 70.6 Å². The molecule has 0 unspecified atom stereocenters. The van der Waals surface area contributed by atoms with Gasteiger partial charge in [-0.05, 0) is 12.8 Å². The lowest BCUT2D eigenvalue weighted by Crippen LogP contribution is -2.39. The van der Waals surface area contributed by atoms with Crippen LogP contribution in [0.3, 0.4) is 0 Å². The van der Waals surface area contributed by atoms with Crippen LogP contribution in [-0.4, -0.2) is 78.2 Å². The molecule has 0 radical (unpaired) electrons. The van der Waals surface area contributed by atoms with Gasteiger partial charge in [0, 0.05) is 51.7 Å². The van der Waals surface area contributed by atoms with E-state index < -0.39 is 0 Å². The SMILES string of the molecule is O=C(c1cnc(NCCN2CCOCC2)nc1)N1CCCCCC1. The highest BCUT2D eigenvalue weighted by atomic mass is 16.5. The lowest BCUT2D eigenvalue weighted by molar-refractivity contribution is 0.0398. The van der Waals surface area contributed by atoms with E-state index >= 15 is 0 Å². The summed E-state index contributed by atoms with van der Waals surface area (Å²) >= 11 is 0. The average molecular weight is 333 g/mol. The third-order valence-corrected chi connectivity index (χ3v) is 4.61. The number of carbonyl (C=O) groups excluding carboxylic acids is 1. The maximum atomic E-state index is 12.5. The second-order valence-corrected chi connectivity index (χ2v) is 6.38. The van der Waals surface area contributed by atoms with Gasteiger partial charge in [0.1, 0.15) is 0 Å². The maximum Gasteiger partial charge on any atom is 0.256 e. The monoisotopic (exact) mass is 333 g/mol. The normalized spacial score (nSPS) is 19.8. The fourth-order valence-corrected chi connectivity index (χ4v) is 3.14. The molecule has 132 valence electrons. The molecule has 2 fully saturated rings. The Labute approximate surface area is 143 Å². The molecule has 0 aromatic carbocycles. The standard InChI is InChI=1S/C17H27N5O2/c23-16(22-6-3-1-2-4-7-22)15-13-19-17(20-14-15)18-5-8-21-9-11-24-12-10-21/h13-14H,1-12H2,(H,18,19,20). The van der Waals surface area contributed by atoms with Crippen molar-refractivity contribution in [1.82, 2.24) is 19.8 Å². The third kappa shape index (κ3) is 4.88. The van der Waals surface area contributed by atoms with Crippen LogP contribution in [0.15, 0.2) is 12.4 Å². The zero-order valence-electron chi connectivity index (χ0n) is 14.2. The van der Waals surface area contributed by atoms with Gasteiger partial charge >= 0.3 is 0 Å². The van der Waals surface area contributed by atoms with Crippen LogP contribution in [0.4, 0.5) is 5.95 Å². The van der Waals surface area contributed by atoms with E-state index in [1.54, 1.807) is 12.4 Å². The first-order valence-electron chi connectivity index (χ1n) is 8.98. The zero-order valence-corrected chi connectivity index (χ0v) is 14.2. The molecule has 7 heteroatoms. The van der Waals surface area contributed by atoms with Gasteiger partial charge in [0.2, 0.25) is 5.95 Å². The number of anilines is 1. The summed E-state index contributed by atoms with van der Waals surface area (Å²) in [6, 6.07) is 0. The molecule has 2 aliphatic heterocycles. The highest BCUT2D eigenvalue weighted by molar-refractivity contribution is 5.93. The Hall–Kier alpha value is -1.73. The number of hydrogen-bond donors (Lipinski definition) is 1. The number of likely N-dealkylation sites (tertiary alicyclic amines) is 1. The van der Waals surface area contributed by atoms with Gasteiger partial charge < -0.3 is 15.0 Å². The van der Waals surface area contributed by atoms with Crippen LogP contribution in [0, 0.1) is 0 Å². The number of rotatable bonds is 5. The average Bonchev–Trinajstić information content (AvgIpc) is 2.92. The minimum absolute atomic E-state index is 0.0526. The van der Waals surface area contributed by atoms with E-state index in [0.717, 1.165) is 65.3 Å². The molecule has 0 bridgehead atoms. The molecular formula is C17H27N5O2. The van der Waals surface area contributed by atoms with E-state index in [1.807, 2.05) is 4.90 Å². The number of morpholine rings is 1. The molecule has 3 rings (SSSR count). The molecule has 0 spiro atoms. The maximum absolute atomic E-state index is 12.5. The molecule has 3 heterocycles. The number of ether oxygens (including phenoxy) is 1. The Balaban J connectivity index is 1.46. The van der Waals surface area contributed by atoms with E-state index in [1.165, 1.54) is 12.8 Å². The van der Waals surface area contributed by atoms with Gasteiger partial charge in [-0.25, -0.2) is 9.97 Å². The van der Waals surface area contributed by atoms with E-state index in [0.29, 0.717) is 11.5 Å². The Bertz CT molecular complexity index is 508. The van der Waals surface area contributed by atoms with Gasteiger partial charge in [-0.2, -0.15) is 0 Å². The summed E-state index contributed by atoms with van der Waals surface area (Å²) in [6.07, 6.45) is 7.88. The summed E-state index contributed by atoms with van der Waals surface area (Å²) in [4.78, 5) is 25.3. The minimum atomic E-state index is 0.0526. The molecule has 0 atom stereocenters. The first-order valence-corrected chi connectivity index (χ1v) is 8.98. The van der Waals surface area contributed by atoms with Gasteiger partial charge in [-0.3, -0.25) is 9.69 Å². The quantitative estimate of drug-likeness (QED) is 0.874. The summed E-state index contributed by atoms with van der Waals surface area (Å²) < 4.78 is 5.34. The van der Waals surface area contributed by atoms with Crippen molar-refractivity contribution in [3.63, 3.8) is 0 Å². The molecule has 24 heavy (non-hydrogen) atoms. The molecule has 2 saturated heterocycles. The van der Waals surface area contributed by atoms with Gasteiger partial charge in [0.05, 0.1) is 18.8 Å². The number of carbonyl (C=O) groups is 1. The molecule has 1 aromatic heterocycles. The Morgan fingerprint density at radius 1 is 1.04 bits per heavy atom. The van der Waals surface area contributed by atoms with E-state index in [-0.39, 0.29) is 5.91 Å². The molecule has 0 aliphatic carbocycles. The number of nitrogens with zero attached hydrogens (tertiary/aromatic N) is 4. The predicted octanol–water partition coefficient (Wildman–Crippen LogP) is 1.24. The van der Waals surface area contributed by atoms with Gasteiger partial charge in [0.25, 0.3) is 5.91 Å². The Morgan fingerprint density at radius 2 is 1.71 bits per heavy atom. The van der Waals surface area contributed by atoms with Gasteiger partial charge in [-0.15, -0.1) is 0 Å². The predicted molar refractivity (Wildman–Crippen MR) is 92.2 cm³/mol. The van der Waals surface area contributed by atoms with Gasteiger partial charge in [-0.1, -0.05) is 12.8 Å². The van der Waals surface area contributed by atoms with Crippen LogP contribution in [0.5, 0.6) is 0 Å². The third-order valence-electron chi connectivity index (χ3n) is 4.61. The van der Waals surface area contributed by atoms with E-state index in [2.05, 4.69) is 20.2 Å². The Morgan fingerprint density at radius 3 is 2.38 bits per heavy atom. The van der Waals surface area contributed by atoms with Crippen molar-refractivity contribution >= 4 is 11.9 Å². The molecular weight excluding hydrogens is 306 g/mol. The minimum Gasteiger partial charge on any atom is -0.379 e. The molecule has 2 aliphatic rings. The van der Waals surface area contributed by atoms with Crippen molar-refractivity contribution in [2.45, 2.75) is 25.7 Å². The summed E-state index contributed by atoms with van der Waals surface area (Å²) in [5, 5.41) is 3.22. The second-order valence-electron chi connectivity index (χ2n) is 6.38. The first-order chi connectivity index (χ1) is 11.8. The van der Waals surface area contributed by atoms with Crippen molar-refractivity contribution < 1.29 is 9.53 Å². The van der Waals surface area contributed by atoms with E-state index in [9.17, 15) is 4.79 Å². The van der Waals surface area contributed by atoms with E-state index in [4.69, 9.17) is 4.74 Å². The largest absolute Gasteiger partial charge is 0.379 e. The van der Waals surface area contributed by atoms with Crippen LogP contribution in [0.2, 0.25) is 0 Å². The smallest absolute Gasteiger partial charge is 0.256 e. The lowest BCUT2D eigenvalue weighted by Gasteiger charge is -2.26. The molecule has 0 saturated carbocycles. The highest BCUT2D eigenvalue weighted by Crippen LogP contribution is 2.13. The van der Waals surface area contributed by atoms with Crippen LogP contribution in [0.25, 0.3) is 0 Å². The van der Waals surface area contributed by atoms with Crippen LogP contribution in [0.1, 0.15) is 36.0 Å². The zero-order chi connectivity index (χ0) is 16.6. The number of aromatic nitrogens is 2. The summed E-state index contributed by atoms with van der Waals surface area (Å²) in [6.45, 7) is 7.00. The molecule has 1 amide bonds. The summed E-state index contributed by atoms with van der Waals surface area (Å²) in [5.41, 5.74) is 0.579. The summed E-state index contributed by atoms with van der Waals surface area (Å²) in [7, 11) is 0. The van der Waals surface area contributed by atoms with Crippen molar-refractivity contribution in [2.75, 3.05) is 57.8 Å². The lowest BCUT2D eigenvalue weighted by atomic mass is 10.2. The van der Waals surface area contributed by atoms with Crippen LogP contribution >= 0.6 is 0 Å². The van der Waals surface area contributed by atoms with Crippen molar-refractivity contribution in [2.24, 2.45) is 0 Å². The highest BCUT2D eigenvalue weighted by Gasteiger charge is 2.18. The van der Waals surface area contributed by atoms with Crippen molar-refractivity contribution in [3.8, 4) is 0 Å². The second kappa shape index (κ2) is 8.94. The van der Waals surface area contributed by atoms with Gasteiger partial charge in [0.15, 0.2) is 0 Å². The van der Waals surface area contributed by atoms with Crippen molar-refractivity contribution in [3.05, 3.63) is 18.0 Å². The van der Waals surface area contributed by atoms with Crippen LogP contribution < -0.4 is 5.32 Å². The molecule has 1 N–H and O–H groups in total. The number of hydrogen-bond acceptors (Lipinski definition) is 6. The fourth-order valence-electron chi connectivity index (χ4n) is 3.14. The van der Waals surface area contributed by atoms with Crippen molar-refractivity contribution in [1.29, 1.82) is 0 Å². The molecule has 1 aromatic rings.